The monoisotopic (exact) mass is 391 g/mol. The molecule has 0 amide bonds. The number of rotatable bonds is 4. The maximum Gasteiger partial charge on any atom is 0.256 e. The third kappa shape index (κ3) is 3.70. The Morgan fingerprint density at radius 2 is 2.00 bits per heavy atom. The van der Waals surface area contributed by atoms with E-state index in [1.165, 1.54) is 24.8 Å². The van der Waals surface area contributed by atoms with Crippen LogP contribution in [0.4, 0.5) is 5.82 Å². The highest BCUT2D eigenvalue weighted by Gasteiger charge is 2.24. The summed E-state index contributed by atoms with van der Waals surface area (Å²) in [7, 11) is 0. The summed E-state index contributed by atoms with van der Waals surface area (Å²) in [6, 6.07) is 7.77. The molecule has 1 fully saturated rings. The summed E-state index contributed by atoms with van der Waals surface area (Å²) in [5, 5.41) is 0. The number of piperidine rings is 1. The fourth-order valence-electron chi connectivity index (χ4n) is 4.33. The lowest BCUT2D eigenvalue weighted by atomic mass is 10.1. The first-order valence-corrected chi connectivity index (χ1v) is 10.3. The Hall–Kier alpha value is -2.93. The fourth-order valence-corrected chi connectivity index (χ4v) is 4.33. The van der Waals surface area contributed by atoms with Gasteiger partial charge in [-0.2, -0.15) is 0 Å². The minimum atomic E-state index is -0.0754. The lowest BCUT2D eigenvalue weighted by Gasteiger charge is -2.32. The summed E-state index contributed by atoms with van der Waals surface area (Å²) in [6.07, 6.45) is 7.98. The van der Waals surface area contributed by atoms with Crippen LogP contribution in [0.15, 0.2) is 45.9 Å². The van der Waals surface area contributed by atoms with E-state index in [1.807, 2.05) is 18.3 Å². The number of fused-ring (bicyclic) bond motifs is 1. The van der Waals surface area contributed by atoms with Crippen LogP contribution in [0.1, 0.15) is 36.1 Å². The molecule has 1 N–H and O–H groups in total. The number of hydrogen-bond donors (Lipinski definition) is 1. The van der Waals surface area contributed by atoms with Crippen molar-refractivity contribution in [1.29, 1.82) is 0 Å². The average molecular weight is 391 g/mol. The molecule has 7 nitrogen and oxygen atoms in total. The highest BCUT2D eigenvalue weighted by atomic mass is 16.3. The van der Waals surface area contributed by atoms with Crippen LogP contribution in [0, 0.1) is 0 Å². The van der Waals surface area contributed by atoms with Gasteiger partial charge in [0.25, 0.3) is 5.56 Å². The van der Waals surface area contributed by atoms with Gasteiger partial charge in [0.1, 0.15) is 5.82 Å². The van der Waals surface area contributed by atoms with Crippen molar-refractivity contribution in [3.63, 3.8) is 0 Å². The van der Waals surface area contributed by atoms with Gasteiger partial charge in [0.2, 0.25) is 0 Å². The predicted octanol–water partition coefficient (Wildman–Crippen LogP) is 2.97. The number of nitrogens with zero attached hydrogens (tertiary/aromatic N) is 4. The Bertz CT molecular complexity index is 1040. The van der Waals surface area contributed by atoms with Crippen molar-refractivity contribution in [2.24, 2.45) is 0 Å². The maximum atomic E-state index is 12.7. The van der Waals surface area contributed by atoms with Gasteiger partial charge in [-0.25, -0.2) is 9.97 Å². The molecule has 5 heterocycles. The molecule has 7 heteroatoms. The fraction of sp³-hybridized carbons (Fsp3) is 0.409. The van der Waals surface area contributed by atoms with Gasteiger partial charge in [0.15, 0.2) is 11.6 Å². The van der Waals surface area contributed by atoms with Gasteiger partial charge in [-0.05, 0) is 37.5 Å². The zero-order chi connectivity index (χ0) is 19.6. The van der Waals surface area contributed by atoms with E-state index in [0.29, 0.717) is 18.1 Å². The molecule has 0 radical (unpaired) electrons. The summed E-state index contributed by atoms with van der Waals surface area (Å²) in [5.74, 6) is 2.19. The molecule has 0 unspecified atom stereocenters. The third-order valence-corrected chi connectivity index (χ3v) is 5.82. The van der Waals surface area contributed by atoms with Crippen molar-refractivity contribution in [3.8, 4) is 11.6 Å². The number of nitrogens with one attached hydrogen (secondary N) is 1. The molecule has 1 saturated heterocycles. The first-order chi connectivity index (χ1) is 14.3. The molecule has 0 bridgehead atoms. The third-order valence-electron chi connectivity index (χ3n) is 5.82. The van der Waals surface area contributed by atoms with E-state index in [4.69, 9.17) is 4.42 Å². The van der Waals surface area contributed by atoms with Gasteiger partial charge in [-0.3, -0.25) is 9.69 Å². The smallest absolute Gasteiger partial charge is 0.256 e. The Balaban J connectivity index is 1.36. The van der Waals surface area contributed by atoms with Crippen molar-refractivity contribution in [3.05, 3.63) is 63.9 Å². The number of H-pyrrole nitrogens is 1. The average Bonchev–Trinajstić information content (AvgIpc) is 3.30. The minimum absolute atomic E-state index is 0.0754. The van der Waals surface area contributed by atoms with Crippen LogP contribution in [-0.2, 0) is 19.5 Å². The molecule has 29 heavy (non-hydrogen) atoms. The van der Waals surface area contributed by atoms with Gasteiger partial charge < -0.3 is 14.3 Å². The summed E-state index contributed by atoms with van der Waals surface area (Å²) < 4.78 is 5.38. The Kier molecular flexibility index (Phi) is 4.89. The molecule has 2 aliphatic heterocycles. The SMILES string of the molecule is O=c1[nH]c(-c2ccco2)nc2c1CN(Cc1cccnc1N1CCCCC1)CC2. The molecule has 0 aliphatic carbocycles. The second-order valence-electron chi connectivity index (χ2n) is 7.81. The highest BCUT2D eigenvalue weighted by molar-refractivity contribution is 5.48. The van der Waals surface area contributed by atoms with Crippen molar-refractivity contribution >= 4 is 5.82 Å². The molecule has 5 rings (SSSR count). The topological polar surface area (TPSA) is 78.3 Å². The van der Waals surface area contributed by atoms with E-state index in [0.717, 1.165) is 49.7 Å². The summed E-state index contributed by atoms with van der Waals surface area (Å²) >= 11 is 0. The molecule has 0 aromatic carbocycles. The molecule has 3 aromatic rings. The lowest BCUT2D eigenvalue weighted by molar-refractivity contribution is 0.241. The highest BCUT2D eigenvalue weighted by Crippen LogP contribution is 2.25. The first kappa shape index (κ1) is 18.1. The van der Waals surface area contributed by atoms with E-state index in [9.17, 15) is 4.79 Å². The molecule has 0 spiro atoms. The number of pyridine rings is 1. The number of aromatic amines is 1. The van der Waals surface area contributed by atoms with E-state index >= 15 is 0 Å². The largest absolute Gasteiger partial charge is 0.461 e. The quantitative estimate of drug-likeness (QED) is 0.737. The van der Waals surface area contributed by atoms with Crippen molar-refractivity contribution in [2.45, 2.75) is 38.8 Å². The molecular formula is C22H25N5O2. The number of furan rings is 1. The van der Waals surface area contributed by atoms with Gasteiger partial charge in [-0.1, -0.05) is 6.07 Å². The zero-order valence-corrected chi connectivity index (χ0v) is 16.4. The number of anilines is 1. The van der Waals surface area contributed by atoms with Crippen LogP contribution in [-0.4, -0.2) is 39.5 Å². The normalized spacial score (nSPS) is 17.3. The first-order valence-electron chi connectivity index (χ1n) is 10.3. The molecular weight excluding hydrogens is 366 g/mol. The van der Waals surface area contributed by atoms with E-state index in [2.05, 4.69) is 30.8 Å². The van der Waals surface area contributed by atoms with Crippen LogP contribution in [0.3, 0.4) is 0 Å². The lowest BCUT2D eigenvalue weighted by Crippen LogP contribution is -2.36. The predicted molar refractivity (Wildman–Crippen MR) is 111 cm³/mol. The van der Waals surface area contributed by atoms with Crippen molar-refractivity contribution < 1.29 is 4.42 Å². The van der Waals surface area contributed by atoms with Gasteiger partial charge >= 0.3 is 0 Å². The Morgan fingerprint density at radius 3 is 2.83 bits per heavy atom. The van der Waals surface area contributed by atoms with Crippen LogP contribution >= 0.6 is 0 Å². The Morgan fingerprint density at radius 1 is 1.10 bits per heavy atom. The van der Waals surface area contributed by atoms with E-state index in [1.54, 1.807) is 12.3 Å². The second kappa shape index (κ2) is 7.83. The summed E-state index contributed by atoms with van der Waals surface area (Å²) in [5.41, 5.74) is 2.79. The molecule has 0 saturated carbocycles. The van der Waals surface area contributed by atoms with Crippen LogP contribution in [0.5, 0.6) is 0 Å². The standard InChI is InChI=1S/C22H25N5O2/c28-22-17-15-26(12-8-18(17)24-20(25-22)19-7-5-13-29-19)14-16-6-4-9-23-21(16)27-10-2-1-3-11-27/h4-7,9,13H,1-3,8,10-12,14-15H2,(H,24,25,28). The maximum absolute atomic E-state index is 12.7. The van der Waals surface area contributed by atoms with E-state index in [-0.39, 0.29) is 5.56 Å². The zero-order valence-electron chi connectivity index (χ0n) is 16.4. The molecule has 3 aromatic heterocycles. The van der Waals surface area contributed by atoms with E-state index < -0.39 is 0 Å². The number of aromatic nitrogens is 3. The molecule has 2 aliphatic rings. The van der Waals surface area contributed by atoms with Crippen molar-refractivity contribution in [2.75, 3.05) is 24.5 Å². The second-order valence-corrected chi connectivity index (χ2v) is 7.81. The van der Waals surface area contributed by atoms with Gasteiger partial charge in [0, 0.05) is 50.9 Å². The summed E-state index contributed by atoms with van der Waals surface area (Å²) in [4.78, 5) is 29.6. The van der Waals surface area contributed by atoms with Gasteiger partial charge in [-0.15, -0.1) is 0 Å². The molecule has 150 valence electrons. The minimum Gasteiger partial charge on any atom is -0.461 e. The van der Waals surface area contributed by atoms with Crippen LogP contribution < -0.4 is 10.5 Å². The number of hydrogen-bond acceptors (Lipinski definition) is 6. The Labute approximate surface area is 169 Å². The summed E-state index contributed by atoms with van der Waals surface area (Å²) in [6.45, 7) is 4.41. The molecule has 0 atom stereocenters. The van der Waals surface area contributed by atoms with Crippen LogP contribution in [0.25, 0.3) is 11.6 Å². The van der Waals surface area contributed by atoms with Crippen LogP contribution in [0.2, 0.25) is 0 Å². The van der Waals surface area contributed by atoms with Gasteiger partial charge in [0.05, 0.1) is 17.5 Å². The van der Waals surface area contributed by atoms with Crippen molar-refractivity contribution in [1.82, 2.24) is 19.9 Å².